The number of thiophene rings is 1. The van der Waals surface area contributed by atoms with Gasteiger partial charge < -0.3 is 24.4 Å². The SMILES string of the molecule is COCCCCC1(CNC(=O)[C@H]2C[C@@H](NS(=O)(=O)c3cc(C)sc3C)CN(C(=O)OCC3c4ccccc4-c4ccccc43)C2)c2ccccc2Oc2ccccc21. The summed E-state index contributed by atoms with van der Waals surface area (Å²) >= 11 is 1.41. The lowest BCUT2D eigenvalue weighted by atomic mass is 9.69. The number of hydrogen-bond donors (Lipinski definition) is 2. The number of para-hydroxylation sites is 2. The van der Waals surface area contributed by atoms with Gasteiger partial charge in [-0.15, -0.1) is 11.3 Å². The summed E-state index contributed by atoms with van der Waals surface area (Å²) < 4.78 is 48.3. The number of amides is 2. The number of aryl methyl sites for hydroxylation is 2. The highest BCUT2D eigenvalue weighted by Gasteiger charge is 2.44. The number of nitrogens with zero attached hydrogens (tertiary/aromatic N) is 1. The third kappa shape index (κ3) is 7.78. The number of sulfonamides is 1. The van der Waals surface area contributed by atoms with Crippen LogP contribution in [0.25, 0.3) is 11.1 Å². The van der Waals surface area contributed by atoms with Crippen molar-refractivity contribution >= 4 is 33.4 Å². The number of carbonyl (C=O) groups excluding carboxylic acids is 2. The molecular formula is C46H49N3O7S2. The Balaban J connectivity index is 1.05. The average Bonchev–Trinajstić information content (AvgIpc) is 3.75. The maximum absolute atomic E-state index is 14.5. The van der Waals surface area contributed by atoms with Gasteiger partial charge in [-0.2, -0.15) is 0 Å². The molecule has 8 rings (SSSR count). The molecule has 1 aromatic heterocycles. The molecular weight excluding hydrogens is 771 g/mol. The van der Waals surface area contributed by atoms with Gasteiger partial charge in [0, 0.05) is 71.6 Å². The molecule has 10 nitrogen and oxygen atoms in total. The molecule has 1 aliphatic carbocycles. The van der Waals surface area contributed by atoms with Crippen LogP contribution in [0.15, 0.2) is 108 Å². The minimum Gasteiger partial charge on any atom is -0.457 e. The minimum absolute atomic E-state index is 0.0589. The summed E-state index contributed by atoms with van der Waals surface area (Å²) in [5.74, 6) is 0.359. The highest BCUT2D eigenvalue weighted by atomic mass is 32.2. The van der Waals surface area contributed by atoms with E-state index in [9.17, 15) is 18.0 Å². The number of unbranched alkanes of at least 4 members (excludes halogenated alkanes) is 1. The second-order valence-corrected chi connectivity index (χ2v) is 18.7. The predicted octanol–water partition coefficient (Wildman–Crippen LogP) is 8.31. The topological polar surface area (TPSA) is 123 Å². The lowest BCUT2D eigenvalue weighted by Crippen LogP contribution is -2.56. The fourth-order valence-corrected chi connectivity index (χ4v) is 11.9. The molecule has 1 saturated heterocycles. The van der Waals surface area contributed by atoms with Crippen molar-refractivity contribution in [3.05, 3.63) is 135 Å². The number of methoxy groups -OCH3 is 1. The van der Waals surface area contributed by atoms with Gasteiger partial charge in [-0.3, -0.25) is 4.79 Å². The van der Waals surface area contributed by atoms with E-state index in [4.69, 9.17) is 14.2 Å². The van der Waals surface area contributed by atoms with Crippen molar-refractivity contribution in [3.8, 4) is 22.6 Å². The van der Waals surface area contributed by atoms with E-state index >= 15 is 0 Å². The average molecular weight is 820 g/mol. The lowest BCUT2D eigenvalue weighted by Gasteiger charge is -2.41. The molecule has 5 aromatic rings. The number of likely N-dealkylation sites (tertiary alicyclic amines) is 1. The smallest absolute Gasteiger partial charge is 0.409 e. The molecule has 2 aliphatic heterocycles. The van der Waals surface area contributed by atoms with Gasteiger partial charge >= 0.3 is 6.09 Å². The Labute approximate surface area is 344 Å². The zero-order chi connectivity index (χ0) is 40.4. The number of hydrogen-bond acceptors (Lipinski definition) is 8. The summed E-state index contributed by atoms with van der Waals surface area (Å²) in [7, 11) is -2.26. The number of carbonyl (C=O) groups is 2. The first kappa shape index (κ1) is 39.8. The van der Waals surface area contributed by atoms with Crippen LogP contribution >= 0.6 is 11.3 Å². The summed E-state index contributed by atoms with van der Waals surface area (Å²) in [5, 5.41) is 3.29. The summed E-state index contributed by atoms with van der Waals surface area (Å²) in [6.45, 7) is 4.80. The largest absolute Gasteiger partial charge is 0.457 e. The Hall–Kier alpha value is -5.01. The number of rotatable bonds is 13. The highest BCUT2D eigenvalue weighted by Crippen LogP contribution is 2.50. The number of fused-ring (bicyclic) bond motifs is 5. The van der Waals surface area contributed by atoms with Gasteiger partial charge in [0.15, 0.2) is 0 Å². The zero-order valence-corrected chi connectivity index (χ0v) is 34.7. The number of nitrogens with one attached hydrogen (secondary N) is 2. The molecule has 0 spiro atoms. The van der Waals surface area contributed by atoms with Crippen LogP contribution in [0.5, 0.6) is 11.5 Å². The normalized spacial score (nSPS) is 18.0. The Morgan fingerprint density at radius 2 is 1.48 bits per heavy atom. The van der Waals surface area contributed by atoms with E-state index in [1.165, 1.54) is 16.2 Å². The van der Waals surface area contributed by atoms with Gasteiger partial charge in [0.05, 0.1) is 10.8 Å². The summed E-state index contributed by atoms with van der Waals surface area (Å²) in [6, 6.07) is 33.1. The first-order chi connectivity index (χ1) is 28.1. The number of benzene rings is 4. The first-order valence-electron chi connectivity index (χ1n) is 19.9. The van der Waals surface area contributed by atoms with Crippen molar-refractivity contribution in [2.45, 2.75) is 61.8 Å². The second kappa shape index (κ2) is 16.7. The van der Waals surface area contributed by atoms with E-state index < -0.39 is 33.5 Å². The molecule has 0 bridgehead atoms. The molecule has 3 heterocycles. The molecule has 58 heavy (non-hydrogen) atoms. The summed E-state index contributed by atoms with van der Waals surface area (Å²) in [6.07, 6.45) is 2.04. The zero-order valence-electron chi connectivity index (χ0n) is 33.0. The van der Waals surface area contributed by atoms with Crippen molar-refractivity contribution < 1.29 is 32.2 Å². The maximum Gasteiger partial charge on any atom is 0.409 e. The third-order valence-corrected chi connectivity index (χ3v) is 14.6. The molecule has 0 unspecified atom stereocenters. The molecule has 2 atom stereocenters. The Morgan fingerprint density at radius 1 is 0.862 bits per heavy atom. The monoisotopic (exact) mass is 819 g/mol. The molecule has 1 fully saturated rings. The van der Waals surface area contributed by atoms with Gasteiger partial charge in [0.2, 0.25) is 15.9 Å². The lowest BCUT2D eigenvalue weighted by molar-refractivity contribution is -0.127. The van der Waals surface area contributed by atoms with Crippen LogP contribution < -0.4 is 14.8 Å². The number of ether oxygens (including phenoxy) is 3. The molecule has 4 aromatic carbocycles. The van der Waals surface area contributed by atoms with E-state index in [1.54, 1.807) is 20.1 Å². The van der Waals surface area contributed by atoms with Crippen LogP contribution in [0.1, 0.15) is 63.6 Å². The first-order valence-corrected chi connectivity index (χ1v) is 22.2. The van der Waals surface area contributed by atoms with E-state index in [1.807, 2.05) is 67.6 Å². The van der Waals surface area contributed by atoms with Crippen molar-refractivity contribution in [2.24, 2.45) is 5.92 Å². The minimum atomic E-state index is -3.96. The molecule has 2 N–H and O–H groups in total. The van der Waals surface area contributed by atoms with E-state index in [0.29, 0.717) is 11.5 Å². The maximum atomic E-state index is 14.5. The Morgan fingerprint density at radius 3 is 2.10 bits per heavy atom. The molecule has 3 aliphatic rings. The van der Waals surface area contributed by atoms with Crippen LogP contribution in [0.2, 0.25) is 0 Å². The van der Waals surface area contributed by atoms with Gasteiger partial charge in [-0.25, -0.2) is 17.9 Å². The van der Waals surface area contributed by atoms with Crippen molar-refractivity contribution in [1.29, 1.82) is 0 Å². The van der Waals surface area contributed by atoms with E-state index in [2.05, 4.69) is 46.4 Å². The van der Waals surface area contributed by atoms with E-state index in [0.717, 1.165) is 69.0 Å². The summed E-state index contributed by atoms with van der Waals surface area (Å²) in [4.78, 5) is 31.8. The van der Waals surface area contributed by atoms with Crippen LogP contribution in [-0.4, -0.2) is 71.3 Å². The van der Waals surface area contributed by atoms with Crippen LogP contribution in [0.4, 0.5) is 4.79 Å². The van der Waals surface area contributed by atoms with Gasteiger partial charge in [0.25, 0.3) is 0 Å². The van der Waals surface area contributed by atoms with E-state index in [-0.39, 0.29) is 49.4 Å². The van der Waals surface area contributed by atoms with Gasteiger partial charge in [0.1, 0.15) is 18.1 Å². The highest BCUT2D eigenvalue weighted by molar-refractivity contribution is 7.89. The van der Waals surface area contributed by atoms with Crippen LogP contribution in [0.3, 0.4) is 0 Å². The molecule has 12 heteroatoms. The predicted molar refractivity (Wildman–Crippen MR) is 225 cm³/mol. The van der Waals surface area contributed by atoms with Crippen LogP contribution in [-0.2, 0) is 29.7 Å². The van der Waals surface area contributed by atoms with Gasteiger partial charge in [-0.1, -0.05) is 84.9 Å². The Bertz CT molecular complexity index is 2340. The molecule has 0 saturated carbocycles. The van der Waals surface area contributed by atoms with Gasteiger partial charge in [-0.05, 0) is 80.0 Å². The van der Waals surface area contributed by atoms with Crippen molar-refractivity contribution in [3.63, 3.8) is 0 Å². The fourth-order valence-electron chi connectivity index (χ4n) is 9.14. The fraction of sp³-hybridized carbons (Fsp3) is 0.348. The van der Waals surface area contributed by atoms with Crippen molar-refractivity contribution in [2.75, 3.05) is 40.0 Å². The summed E-state index contributed by atoms with van der Waals surface area (Å²) in [5.41, 5.74) is 5.79. The van der Waals surface area contributed by atoms with Crippen LogP contribution in [0, 0.1) is 19.8 Å². The van der Waals surface area contributed by atoms with Crippen molar-refractivity contribution in [1.82, 2.24) is 14.9 Å². The molecule has 0 radical (unpaired) electrons. The second-order valence-electron chi connectivity index (χ2n) is 15.6. The number of piperidine rings is 1. The quantitative estimate of drug-likeness (QED) is 0.115. The third-order valence-electron chi connectivity index (χ3n) is 11.8. The molecule has 302 valence electrons. The standard InChI is InChI=1S/C46H49N3O7S2/c1-30-24-43(31(2)57-30)58(52,53)48-33-25-32(26-49(27-33)45(51)55-28-38-36-16-6-4-14-34(36)35-15-5-7-17-37(35)38)44(50)47-29-46(22-12-13-23-54-3)39-18-8-10-20-41(39)56-42-21-11-9-19-40(42)46/h4-11,14-21,24,32-33,38,48H,12-13,22-23,25-29H2,1-3H3,(H,47,50)/t32-,33+/m0/s1. The Kier molecular flexibility index (Phi) is 11.5. The molecule has 2 amide bonds.